The van der Waals surface area contributed by atoms with Gasteiger partial charge in [0.1, 0.15) is 5.69 Å². The van der Waals surface area contributed by atoms with Crippen LogP contribution in [0.3, 0.4) is 0 Å². The Morgan fingerprint density at radius 1 is 1.00 bits per heavy atom. The van der Waals surface area contributed by atoms with Gasteiger partial charge in [0.2, 0.25) is 5.91 Å². The predicted octanol–water partition coefficient (Wildman–Crippen LogP) is 2.17. The highest BCUT2D eigenvalue weighted by Crippen LogP contribution is 2.30. The van der Waals surface area contributed by atoms with Gasteiger partial charge in [-0.1, -0.05) is 19.3 Å². The van der Waals surface area contributed by atoms with E-state index in [4.69, 9.17) is 4.74 Å². The Morgan fingerprint density at radius 3 is 2.56 bits per heavy atom. The van der Waals surface area contributed by atoms with Crippen molar-refractivity contribution in [3.05, 3.63) is 17.5 Å². The molecule has 1 aromatic heterocycles. The molecule has 2 saturated heterocycles. The number of ether oxygens (including phenoxy) is 1. The average molecular weight is 374 g/mol. The lowest BCUT2D eigenvalue weighted by atomic mass is 9.87. The fourth-order valence-electron chi connectivity index (χ4n) is 4.62. The van der Waals surface area contributed by atoms with E-state index in [9.17, 15) is 9.59 Å². The van der Waals surface area contributed by atoms with Crippen molar-refractivity contribution in [3.8, 4) is 0 Å². The fraction of sp³-hybridized carbons (Fsp3) is 0.750. The largest absolute Gasteiger partial charge is 0.378 e. The number of morpholine rings is 1. The van der Waals surface area contributed by atoms with Gasteiger partial charge >= 0.3 is 0 Å². The van der Waals surface area contributed by atoms with Crippen LogP contribution in [0.5, 0.6) is 0 Å². The lowest BCUT2D eigenvalue weighted by Gasteiger charge is -2.35. The van der Waals surface area contributed by atoms with Gasteiger partial charge < -0.3 is 14.5 Å². The van der Waals surface area contributed by atoms with E-state index in [-0.39, 0.29) is 17.7 Å². The van der Waals surface area contributed by atoms with Gasteiger partial charge in [-0.25, -0.2) is 0 Å². The van der Waals surface area contributed by atoms with Crippen molar-refractivity contribution in [1.29, 1.82) is 0 Å². The summed E-state index contributed by atoms with van der Waals surface area (Å²) >= 11 is 0. The van der Waals surface area contributed by atoms with Crippen LogP contribution in [0.2, 0.25) is 0 Å². The SMILES string of the molecule is O=C(c1cc([C@@H]2CCCN(C(=O)C3CCCCC3)C2)[nH]n1)N1CCOCC1. The van der Waals surface area contributed by atoms with Gasteiger partial charge in [-0.2, -0.15) is 5.10 Å². The molecule has 4 rings (SSSR count). The average Bonchev–Trinajstić information content (AvgIpc) is 3.24. The van der Waals surface area contributed by atoms with E-state index in [1.807, 2.05) is 6.07 Å². The molecule has 7 nitrogen and oxygen atoms in total. The second kappa shape index (κ2) is 8.42. The molecule has 1 saturated carbocycles. The van der Waals surface area contributed by atoms with Crippen LogP contribution in [-0.4, -0.2) is 71.2 Å². The van der Waals surface area contributed by atoms with Crippen molar-refractivity contribution in [3.63, 3.8) is 0 Å². The second-order valence-electron chi connectivity index (χ2n) is 8.07. The van der Waals surface area contributed by atoms with Crippen LogP contribution in [0.15, 0.2) is 6.07 Å². The normalized spacial score (nSPS) is 24.8. The van der Waals surface area contributed by atoms with Crippen molar-refractivity contribution >= 4 is 11.8 Å². The first-order chi connectivity index (χ1) is 13.2. The maximum atomic E-state index is 12.9. The Labute approximate surface area is 160 Å². The van der Waals surface area contributed by atoms with Gasteiger partial charge in [0, 0.05) is 43.7 Å². The Hall–Kier alpha value is -1.89. The lowest BCUT2D eigenvalue weighted by molar-refractivity contribution is -0.137. The lowest BCUT2D eigenvalue weighted by Crippen LogP contribution is -2.42. The van der Waals surface area contributed by atoms with Crippen LogP contribution < -0.4 is 0 Å². The Balaban J connectivity index is 1.39. The Kier molecular flexibility index (Phi) is 5.76. The molecule has 7 heteroatoms. The first kappa shape index (κ1) is 18.5. The highest BCUT2D eigenvalue weighted by Gasteiger charge is 2.31. The molecule has 1 N–H and O–H groups in total. The number of carbonyl (C=O) groups excluding carboxylic acids is 2. The number of aromatic nitrogens is 2. The van der Waals surface area contributed by atoms with E-state index in [1.54, 1.807) is 4.90 Å². The third kappa shape index (κ3) is 4.18. The Morgan fingerprint density at radius 2 is 1.78 bits per heavy atom. The second-order valence-corrected chi connectivity index (χ2v) is 8.07. The number of hydrogen-bond acceptors (Lipinski definition) is 4. The fourth-order valence-corrected chi connectivity index (χ4v) is 4.62. The summed E-state index contributed by atoms with van der Waals surface area (Å²) in [6, 6.07) is 1.89. The van der Waals surface area contributed by atoms with Crippen molar-refractivity contribution in [1.82, 2.24) is 20.0 Å². The number of hydrogen-bond donors (Lipinski definition) is 1. The van der Waals surface area contributed by atoms with E-state index in [2.05, 4.69) is 15.1 Å². The van der Waals surface area contributed by atoms with Crippen LogP contribution in [-0.2, 0) is 9.53 Å². The summed E-state index contributed by atoms with van der Waals surface area (Å²) in [5.74, 6) is 0.762. The van der Waals surface area contributed by atoms with Crippen molar-refractivity contribution in [2.24, 2.45) is 5.92 Å². The van der Waals surface area contributed by atoms with Gasteiger partial charge in [-0.05, 0) is 31.7 Å². The zero-order valence-corrected chi connectivity index (χ0v) is 16.0. The van der Waals surface area contributed by atoms with Crippen molar-refractivity contribution in [2.75, 3.05) is 39.4 Å². The topological polar surface area (TPSA) is 78.5 Å². The van der Waals surface area contributed by atoms with Crippen LogP contribution in [0.4, 0.5) is 0 Å². The number of likely N-dealkylation sites (tertiary alicyclic amines) is 1. The van der Waals surface area contributed by atoms with E-state index in [0.717, 1.165) is 44.5 Å². The minimum absolute atomic E-state index is 0.0354. The first-order valence-electron chi connectivity index (χ1n) is 10.4. The monoisotopic (exact) mass is 374 g/mol. The van der Waals surface area contributed by atoms with Crippen molar-refractivity contribution in [2.45, 2.75) is 50.9 Å². The summed E-state index contributed by atoms with van der Waals surface area (Å²) in [4.78, 5) is 29.3. The molecule has 1 atom stereocenters. The molecule has 3 fully saturated rings. The molecular formula is C20H30N4O3. The van der Waals surface area contributed by atoms with E-state index in [1.165, 1.54) is 19.3 Å². The molecule has 0 bridgehead atoms. The highest BCUT2D eigenvalue weighted by atomic mass is 16.5. The van der Waals surface area contributed by atoms with Gasteiger partial charge in [0.05, 0.1) is 13.2 Å². The van der Waals surface area contributed by atoms with Gasteiger partial charge in [0.25, 0.3) is 5.91 Å². The molecule has 0 spiro atoms. The van der Waals surface area contributed by atoms with Crippen molar-refractivity contribution < 1.29 is 14.3 Å². The Bertz CT molecular complexity index is 662. The summed E-state index contributed by atoms with van der Waals surface area (Å²) in [6.07, 6.45) is 7.75. The van der Waals surface area contributed by atoms with E-state index < -0.39 is 0 Å². The maximum Gasteiger partial charge on any atom is 0.274 e. The molecule has 2 amide bonds. The number of nitrogens with zero attached hydrogens (tertiary/aromatic N) is 3. The summed E-state index contributed by atoms with van der Waals surface area (Å²) in [5, 5.41) is 7.33. The number of carbonyl (C=O) groups is 2. The molecule has 0 unspecified atom stereocenters. The number of nitrogens with one attached hydrogen (secondary N) is 1. The molecular weight excluding hydrogens is 344 g/mol. The highest BCUT2D eigenvalue weighted by molar-refractivity contribution is 5.92. The minimum Gasteiger partial charge on any atom is -0.378 e. The molecule has 1 aliphatic carbocycles. The van der Waals surface area contributed by atoms with E-state index in [0.29, 0.717) is 37.9 Å². The molecule has 3 heterocycles. The smallest absolute Gasteiger partial charge is 0.274 e. The standard InChI is InChI=1S/C20H30N4O3/c25-19(15-5-2-1-3-6-15)24-8-4-7-16(14-24)17-13-18(22-21-17)20(26)23-9-11-27-12-10-23/h13,15-16H,1-12,14H2,(H,21,22)/t16-/m1/s1. The van der Waals surface area contributed by atoms with Crippen LogP contribution in [0, 0.1) is 5.92 Å². The van der Waals surface area contributed by atoms with Gasteiger partial charge in [-0.3, -0.25) is 14.7 Å². The summed E-state index contributed by atoms with van der Waals surface area (Å²) in [7, 11) is 0. The molecule has 0 radical (unpaired) electrons. The number of rotatable bonds is 3. The van der Waals surface area contributed by atoms with E-state index >= 15 is 0 Å². The zero-order chi connectivity index (χ0) is 18.6. The zero-order valence-electron chi connectivity index (χ0n) is 16.0. The summed E-state index contributed by atoms with van der Waals surface area (Å²) in [5.41, 5.74) is 1.45. The first-order valence-corrected chi connectivity index (χ1v) is 10.4. The molecule has 2 aliphatic heterocycles. The van der Waals surface area contributed by atoms with Gasteiger partial charge in [-0.15, -0.1) is 0 Å². The molecule has 1 aromatic rings. The maximum absolute atomic E-state index is 12.9. The number of H-pyrrole nitrogens is 1. The summed E-state index contributed by atoms with van der Waals surface area (Å²) in [6.45, 7) is 4.01. The van der Waals surface area contributed by atoms with Crippen LogP contribution >= 0.6 is 0 Å². The third-order valence-electron chi connectivity index (χ3n) is 6.24. The molecule has 3 aliphatic rings. The quantitative estimate of drug-likeness (QED) is 0.879. The minimum atomic E-state index is -0.0354. The molecule has 148 valence electrons. The molecule has 0 aromatic carbocycles. The third-order valence-corrected chi connectivity index (χ3v) is 6.24. The molecule has 27 heavy (non-hydrogen) atoms. The number of aromatic amines is 1. The van der Waals surface area contributed by atoms with Crippen LogP contribution in [0.25, 0.3) is 0 Å². The van der Waals surface area contributed by atoms with Crippen LogP contribution in [0.1, 0.15) is 67.0 Å². The number of amides is 2. The summed E-state index contributed by atoms with van der Waals surface area (Å²) < 4.78 is 5.31. The van der Waals surface area contributed by atoms with Gasteiger partial charge in [0.15, 0.2) is 0 Å². The number of piperidine rings is 1. The predicted molar refractivity (Wildman–Crippen MR) is 100 cm³/mol.